The lowest BCUT2D eigenvalue weighted by Gasteiger charge is -2.08. The molecule has 2 rings (SSSR count). The molecule has 0 aliphatic heterocycles. The van der Waals surface area contributed by atoms with Gasteiger partial charge in [-0.1, -0.05) is 40.9 Å². The smallest absolute Gasteiger partial charge is 0.291 e. The van der Waals surface area contributed by atoms with Crippen molar-refractivity contribution >= 4 is 63.4 Å². The molecule has 9 heteroatoms. The van der Waals surface area contributed by atoms with Gasteiger partial charge < -0.3 is 5.73 Å². The number of nitrogens with two attached hydrogens (primary N) is 1. The summed E-state index contributed by atoms with van der Waals surface area (Å²) >= 11 is 19.0. The minimum Gasteiger partial charge on any atom is -0.396 e. The van der Waals surface area contributed by atoms with Crippen molar-refractivity contribution in [2.75, 3.05) is 5.73 Å². The molecule has 0 spiro atoms. The summed E-state index contributed by atoms with van der Waals surface area (Å²) in [7, 11) is 0. The Morgan fingerprint density at radius 3 is 2.71 bits per heavy atom. The molecule has 0 fully saturated rings. The Morgan fingerprint density at radius 2 is 2.10 bits per heavy atom. The molecular weight excluding hydrogens is 355 g/mol. The highest BCUT2D eigenvalue weighted by atomic mass is 35.5. The summed E-state index contributed by atoms with van der Waals surface area (Å²) in [5.41, 5.74) is 8.53. The molecule has 0 bridgehead atoms. The first kappa shape index (κ1) is 16.0. The molecule has 0 aliphatic carbocycles. The largest absolute Gasteiger partial charge is 0.396 e. The van der Waals surface area contributed by atoms with Gasteiger partial charge in [0.25, 0.3) is 5.91 Å². The minimum absolute atomic E-state index is 0.00226. The van der Waals surface area contributed by atoms with Crippen LogP contribution in [0.5, 0.6) is 0 Å². The van der Waals surface area contributed by atoms with Gasteiger partial charge in [-0.15, -0.1) is 11.3 Å². The maximum Gasteiger partial charge on any atom is 0.291 e. The predicted molar refractivity (Wildman–Crippen MR) is 87.7 cm³/mol. The molecule has 0 radical (unpaired) electrons. The summed E-state index contributed by atoms with van der Waals surface area (Å²) in [5, 5.41) is 5.74. The molecule has 3 N–H and O–H groups in total. The number of aromatic nitrogens is 1. The van der Waals surface area contributed by atoms with E-state index in [-0.39, 0.29) is 26.6 Å². The number of pyridine rings is 1. The number of hydrazone groups is 1. The second-order valence-corrected chi connectivity index (χ2v) is 5.97. The number of nitrogen functional groups attached to an aromatic ring is 1. The average Bonchev–Trinajstić information content (AvgIpc) is 3.00. The quantitative estimate of drug-likeness (QED) is 0.494. The first-order valence-electron chi connectivity index (χ1n) is 5.60. The highest BCUT2D eigenvalue weighted by Gasteiger charge is 2.19. The van der Waals surface area contributed by atoms with Crippen LogP contribution in [0.1, 0.15) is 22.3 Å². The van der Waals surface area contributed by atoms with Crippen LogP contribution in [-0.2, 0) is 0 Å². The normalized spacial score (nSPS) is 11.5. The number of halogens is 3. The highest BCUT2D eigenvalue weighted by Crippen LogP contribution is 2.34. The van der Waals surface area contributed by atoms with Crippen LogP contribution >= 0.6 is 46.1 Å². The van der Waals surface area contributed by atoms with Gasteiger partial charge in [-0.2, -0.15) is 5.10 Å². The third-order valence-corrected chi connectivity index (χ3v) is 4.60. The number of nitrogens with zero attached hydrogens (tertiary/aromatic N) is 2. The summed E-state index contributed by atoms with van der Waals surface area (Å²) < 4.78 is 0. The number of hydrogen-bond acceptors (Lipinski definition) is 5. The van der Waals surface area contributed by atoms with Gasteiger partial charge in [-0.25, -0.2) is 10.4 Å². The second-order valence-electron chi connectivity index (χ2n) is 3.91. The Bertz CT molecular complexity index is 716. The maximum absolute atomic E-state index is 12.0. The summed E-state index contributed by atoms with van der Waals surface area (Å²) in [6.45, 7) is 1.77. The molecule has 2 aromatic heterocycles. The zero-order valence-corrected chi connectivity index (χ0v) is 13.7. The molecule has 0 atom stereocenters. The van der Waals surface area contributed by atoms with Gasteiger partial charge in [0.15, 0.2) is 10.8 Å². The third kappa shape index (κ3) is 3.47. The molecule has 2 heterocycles. The SMILES string of the molecule is C/C(=N\NC(=O)c1nc(Cl)c(Cl)c(N)c1Cl)c1cccs1. The summed E-state index contributed by atoms with van der Waals surface area (Å²) in [6, 6.07) is 3.77. The zero-order valence-electron chi connectivity index (χ0n) is 10.7. The molecule has 110 valence electrons. The van der Waals surface area contributed by atoms with Crippen LogP contribution in [0.25, 0.3) is 0 Å². The van der Waals surface area contributed by atoms with E-state index in [1.165, 1.54) is 11.3 Å². The van der Waals surface area contributed by atoms with E-state index in [1.54, 1.807) is 6.92 Å². The van der Waals surface area contributed by atoms with E-state index >= 15 is 0 Å². The van der Waals surface area contributed by atoms with E-state index in [1.807, 2.05) is 17.5 Å². The Hall–Kier alpha value is -1.34. The van der Waals surface area contributed by atoms with Crippen molar-refractivity contribution in [1.82, 2.24) is 10.4 Å². The third-order valence-electron chi connectivity index (χ3n) is 2.49. The van der Waals surface area contributed by atoms with Crippen molar-refractivity contribution in [1.29, 1.82) is 0 Å². The fraction of sp³-hybridized carbons (Fsp3) is 0.0833. The minimum atomic E-state index is -0.624. The van der Waals surface area contributed by atoms with Gasteiger partial charge in [0.1, 0.15) is 5.02 Å². The van der Waals surface area contributed by atoms with Gasteiger partial charge >= 0.3 is 0 Å². The lowest BCUT2D eigenvalue weighted by atomic mass is 10.3. The van der Waals surface area contributed by atoms with Crippen molar-refractivity contribution in [2.24, 2.45) is 5.10 Å². The molecule has 0 saturated carbocycles. The summed E-state index contributed by atoms with van der Waals surface area (Å²) in [4.78, 5) is 16.8. The van der Waals surface area contributed by atoms with Crippen molar-refractivity contribution in [3.05, 3.63) is 43.3 Å². The van der Waals surface area contributed by atoms with Crippen LogP contribution in [0.15, 0.2) is 22.6 Å². The van der Waals surface area contributed by atoms with E-state index in [2.05, 4.69) is 15.5 Å². The van der Waals surface area contributed by atoms with Gasteiger partial charge in [0, 0.05) is 4.88 Å². The van der Waals surface area contributed by atoms with E-state index in [9.17, 15) is 4.79 Å². The first-order chi connectivity index (χ1) is 9.91. The number of rotatable bonds is 3. The van der Waals surface area contributed by atoms with Crippen molar-refractivity contribution < 1.29 is 4.79 Å². The second kappa shape index (κ2) is 6.62. The molecule has 1 amide bonds. The fourth-order valence-corrected chi connectivity index (χ4v) is 2.68. The Labute approximate surface area is 139 Å². The Balaban J connectivity index is 2.24. The van der Waals surface area contributed by atoms with Gasteiger partial charge in [0.2, 0.25) is 0 Å². The standard InChI is InChI=1S/C12H9Cl3N4OS/c1-5(6-3-2-4-21-6)18-19-12(20)10-7(13)9(16)8(14)11(15)17-10/h2-4H,1H3,(H2,16,17)(H,19,20)/b18-5+. The lowest BCUT2D eigenvalue weighted by Crippen LogP contribution is -2.21. The van der Waals surface area contributed by atoms with Gasteiger partial charge in [-0.3, -0.25) is 4.79 Å². The summed E-state index contributed by atoms with van der Waals surface area (Å²) in [5.74, 6) is -0.624. The Morgan fingerprint density at radius 1 is 1.38 bits per heavy atom. The lowest BCUT2D eigenvalue weighted by molar-refractivity contribution is 0.0950. The van der Waals surface area contributed by atoms with Crippen LogP contribution in [0.4, 0.5) is 5.69 Å². The number of nitrogens with one attached hydrogen (secondary N) is 1. The topological polar surface area (TPSA) is 80.4 Å². The molecule has 0 aliphatic rings. The van der Waals surface area contributed by atoms with Crippen LogP contribution in [-0.4, -0.2) is 16.6 Å². The molecular formula is C12H9Cl3N4OS. The number of amides is 1. The van der Waals surface area contributed by atoms with Crippen molar-refractivity contribution in [3.8, 4) is 0 Å². The Kier molecular flexibility index (Phi) is 5.05. The summed E-state index contributed by atoms with van der Waals surface area (Å²) in [6.07, 6.45) is 0. The molecule has 21 heavy (non-hydrogen) atoms. The van der Waals surface area contributed by atoms with Crippen LogP contribution in [0, 0.1) is 0 Å². The first-order valence-corrected chi connectivity index (χ1v) is 7.61. The predicted octanol–water partition coefficient (Wildman–Crippen LogP) is 3.84. The van der Waals surface area contributed by atoms with E-state index in [4.69, 9.17) is 40.5 Å². The number of thiophene rings is 1. The number of hydrogen-bond donors (Lipinski definition) is 2. The van der Waals surface area contributed by atoms with E-state index in [0.717, 1.165) is 4.88 Å². The number of carbonyl (C=O) groups excluding carboxylic acids is 1. The van der Waals surface area contributed by atoms with E-state index < -0.39 is 5.91 Å². The van der Waals surface area contributed by atoms with Crippen LogP contribution in [0.3, 0.4) is 0 Å². The average molecular weight is 364 g/mol. The van der Waals surface area contributed by atoms with Gasteiger partial charge in [0.05, 0.1) is 16.4 Å². The van der Waals surface area contributed by atoms with Crippen molar-refractivity contribution in [3.63, 3.8) is 0 Å². The molecule has 2 aromatic rings. The molecule has 0 aromatic carbocycles. The highest BCUT2D eigenvalue weighted by molar-refractivity contribution is 7.12. The van der Waals surface area contributed by atoms with Crippen LogP contribution < -0.4 is 11.2 Å². The maximum atomic E-state index is 12.0. The zero-order chi connectivity index (χ0) is 15.6. The van der Waals surface area contributed by atoms with E-state index in [0.29, 0.717) is 5.71 Å². The molecule has 5 nitrogen and oxygen atoms in total. The molecule has 0 saturated heterocycles. The van der Waals surface area contributed by atoms with Gasteiger partial charge in [-0.05, 0) is 18.4 Å². The fourth-order valence-electron chi connectivity index (χ4n) is 1.41. The number of anilines is 1. The number of carbonyl (C=O) groups is 1. The molecule has 0 unspecified atom stereocenters. The van der Waals surface area contributed by atoms with Crippen LogP contribution in [0.2, 0.25) is 15.2 Å². The monoisotopic (exact) mass is 362 g/mol. The van der Waals surface area contributed by atoms with Crippen molar-refractivity contribution in [2.45, 2.75) is 6.92 Å².